The number of hydrogen-bond donors (Lipinski definition) is 0. The molecule has 0 radical (unpaired) electrons. The normalized spacial score (nSPS) is 18.4. The van der Waals surface area contributed by atoms with Crippen molar-refractivity contribution < 1.29 is 18.8 Å². The van der Waals surface area contributed by atoms with Gasteiger partial charge in [0.1, 0.15) is 12.2 Å². The average molecular weight is 555 g/mol. The predicted octanol–water partition coefficient (Wildman–Crippen LogP) is 8.87. The molecule has 1 aliphatic rings. The Hall–Kier alpha value is -1.12. The number of unbranched alkanes of at least 4 members (excludes halogenated alkanes) is 11. The van der Waals surface area contributed by atoms with Crippen LogP contribution in [0, 0.1) is 0 Å². The van der Waals surface area contributed by atoms with Crippen molar-refractivity contribution in [2.45, 2.75) is 123 Å². The van der Waals surface area contributed by atoms with Gasteiger partial charge in [-0.2, -0.15) is 4.37 Å². The summed E-state index contributed by atoms with van der Waals surface area (Å²) in [7, 11) is 2.24. The summed E-state index contributed by atoms with van der Waals surface area (Å²) in [6.07, 6.45) is 20.3. The molecule has 2 rings (SSSR count). The van der Waals surface area contributed by atoms with Gasteiger partial charge in [-0.3, -0.25) is 4.48 Å². The largest absolute Gasteiger partial charge is 0.475 e. The number of likely N-dealkylation sites (N-methyl/N-ethyl adjacent to an activating group) is 1. The molecule has 8 heteroatoms. The van der Waals surface area contributed by atoms with Gasteiger partial charge in [-0.1, -0.05) is 97.5 Å². The van der Waals surface area contributed by atoms with Crippen LogP contribution in [0.3, 0.4) is 0 Å². The van der Waals surface area contributed by atoms with Crippen molar-refractivity contribution >= 4 is 34.4 Å². The van der Waals surface area contributed by atoms with Gasteiger partial charge in [0.05, 0.1) is 31.9 Å². The quantitative estimate of drug-likeness (QED) is 0.0911. The Bertz CT molecular complexity index is 786. The first-order valence-corrected chi connectivity index (χ1v) is 16.6. The molecule has 1 aliphatic heterocycles. The second-order valence-electron chi connectivity index (χ2n) is 10.6. The molecule has 37 heavy (non-hydrogen) atoms. The molecule has 0 N–H and O–H groups in total. The molecule has 6 nitrogen and oxygen atoms in total. The highest BCUT2D eigenvalue weighted by atomic mass is 32.2. The van der Waals surface area contributed by atoms with Gasteiger partial charge in [0, 0.05) is 24.2 Å². The van der Waals surface area contributed by atoms with Crippen LogP contribution in [0.25, 0.3) is 5.57 Å². The number of quaternary nitrogens is 1. The van der Waals surface area contributed by atoms with E-state index < -0.39 is 0 Å². The Morgan fingerprint density at radius 2 is 1.62 bits per heavy atom. The highest BCUT2D eigenvalue weighted by Crippen LogP contribution is 2.33. The molecule has 1 aromatic rings. The molecule has 2 heterocycles. The van der Waals surface area contributed by atoms with Gasteiger partial charge in [-0.15, -0.1) is 4.37 Å². The molecule has 0 saturated carbocycles. The Balaban J connectivity index is 1.94. The van der Waals surface area contributed by atoms with Crippen molar-refractivity contribution in [2.24, 2.45) is 0 Å². The van der Waals surface area contributed by atoms with E-state index in [0.717, 1.165) is 50.2 Å². The molecule has 0 aromatic carbocycles. The smallest absolute Gasteiger partial charge is 0.371 e. The van der Waals surface area contributed by atoms with Crippen LogP contribution >= 0.6 is 23.5 Å². The van der Waals surface area contributed by atoms with Crippen LogP contribution in [0.5, 0.6) is 5.88 Å². The number of hydrogen-bond acceptors (Lipinski definition) is 7. The molecule has 2 atom stereocenters. The average Bonchev–Trinajstić information content (AvgIpc) is 3.36. The van der Waals surface area contributed by atoms with Gasteiger partial charge in [-0.05, 0) is 24.6 Å². The lowest BCUT2D eigenvalue weighted by Crippen LogP contribution is -2.56. The maximum absolute atomic E-state index is 12.5. The van der Waals surface area contributed by atoms with Gasteiger partial charge in [0.15, 0.2) is 0 Å². The lowest BCUT2D eigenvalue weighted by molar-refractivity contribution is -0.946. The zero-order valence-corrected chi connectivity index (χ0v) is 25.6. The molecule has 0 amide bonds. The number of ether oxygens (including phenoxy) is 2. The maximum Gasteiger partial charge on any atom is 0.371 e. The molecular formula is C29H52N3O3S2+. The zero-order valence-electron chi connectivity index (χ0n) is 24.0. The van der Waals surface area contributed by atoms with Gasteiger partial charge >= 0.3 is 5.30 Å². The number of nitrogens with zero attached hydrogens (tertiary/aromatic N) is 3. The number of carbonyl (C=O) groups excluding carboxylic acids is 1. The van der Waals surface area contributed by atoms with E-state index in [1.807, 2.05) is 6.92 Å². The van der Waals surface area contributed by atoms with Gasteiger partial charge < -0.3 is 9.47 Å². The molecule has 2 unspecified atom stereocenters. The molecule has 0 saturated heterocycles. The minimum Gasteiger partial charge on any atom is -0.475 e. The molecule has 0 fully saturated rings. The van der Waals surface area contributed by atoms with Crippen molar-refractivity contribution in [3.8, 4) is 5.88 Å². The lowest BCUT2D eigenvalue weighted by atomic mass is 10.0. The summed E-state index contributed by atoms with van der Waals surface area (Å²) in [4.78, 5) is 12.5. The highest BCUT2D eigenvalue weighted by molar-refractivity contribution is 8.13. The molecule has 0 aliphatic carbocycles. The summed E-state index contributed by atoms with van der Waals surface area (Å²) in [5.74, 6) is 1.40. The van der Waals surface area contributed by atoms with Crippen molar-refractivity contribution in [2.75, 3.05) is 32.5 Å². The summed E-state index contributed by atoms with van der Waals surface area (Å²) in [5.41, 5.74) is 2.04. The summed E-state index contributed by atoms with van der Waals surface area (Å²) < 4.78 is 21.9. The summed E-state index contributed by atoms with van der Waals surface area (Å²) >= 11 is 2.49. The van der Waals surface area contributed by atoms with E-state index in [4.69, 9.17) is 9.47 Å². The molecular weight excluding hydrogens is 502 g/mol. The van der Waals surface area contributed by atoms with Crippen LogP contribution in [0.4, 0.5) is 4.79 Å². The minimum atomic E-state index is -0.148. The van der Waals surface area contributed by atoms with Crippen molar-refractivity contribution in [1.82, 2.24) is 8.75 Å². The lowest BCUT2D eigenvalue weighted by Gasteiger charge is -2.42. The van der Waals surface area contributed by atoms with Gasteiger partial charge in [-0.25, -0.2) is 4.79 Å². The van der Waals surface area contributed by atoms with Crippen molar-refractivity contribution in [3.05, 3.63) is 11.8 Å². The third kappa shape index (κ3) is 12.1. The Kier molecular flexibility index (Phi) is 16.5. The third-order valence-corrected chi connectivity index (χ3v) is 8.44. The first-order chi connectivity index (χ1) is 18.0. The molecule has 0 bridgehead atoms. The van der Waals surface area contributed by atoms with Gasteiger partial charge in [0.25, 0.3) is 5.88 Å². The summed E-state index contributed by atoms with van der Waals surface area (Å²) in [6.45, 7) is 8.91. The minimum absolute atomic E-state index is 0.134. The number of carbonyl (C=O) groups is 1. The second kappa shape index (κ2) is 19.0. The van der Waals surface area contributed by atoms with E-state index in [-0.39, 0.29) is 11.5 Å². The van der Waals surface area contributed by atoms with Gasteiger partial charge in [0.2, 0.25) is 6.23 Å². The van der Waals surface area contributed by atoms with E-state index in [9.17, 15) is 4.79 Å². The van der Waals surface area contributed by atoms with Crippen LogP contribution in [0.15, 0.2) is 6.08 Å². The van der Waals surface area contributed by atoms with Crippen LogP contribution < -0.4 is 4.74 Å². The van der Waals surface area contributed by atoms with Crippen LogP contribution in [-0.4, -0.2) is 57.3 Å². The third-order valence-electron chi connectivity index (χ3n) is 7.31. The van der Waals surface area contributed by atoms with Crippen LogP contribution in [0.1, 0.15) is 123 Å². The number of aromatic nitrogens is 2. The zero-order chi connectivity index (χ0) is 26.8. The molecule has 1 aromatic heterocycles. The van der Waals surface area contributed by atoms with Crippen LogP contribution in [-0.2, 0) is 4.74 Å². The SMILES string of the molecule is CCCCCCCCCCCC(OC(=O)SCC)[N+]1(C)CCC=C(c2nsnc2OCCCCCC)C1. The Labute approximate surface area is 234 Å². The highest BCUT2D eigenvalue weighted by Gasteiger charge is 2.39. The van der Waals surface area contributed by atoms with E-state index in [0.29, 0.717) is 17.0 Å². The first-order valence-electron chi connectivity index (χ1n) is 14.9. The topological polar surface area (TPSA) is 61.3 Å². The second-order valence-corrected chi connectivity index (χ2v) is 12.3. The monoisotopic (exact) mass is 554 g/mol. The van der Waals surface area contributed by atoms with Crippen molar-refractivity contribution in [1.29, 1.82) is 0 Å². The fraction of sp³-hybridized carbons (Fsp3) is 0.828. The number of thioether (sulfide) groups is 1. The van der Waals surface area contributed by atoms with E-state index in [2.05, 4.69) is 35.7 Å². The number of rotatable bonds is 20. The molecule has 0 spiro atoms. The maximum atomic E-state index is 12.5. The standard InChI is InChI=1S/C29H52N3O3S2/c1-5-8-10-12-13-14-15-16-17-21-26(35-29(33)36-7-3)32(4)22-19-20-25(24-32)27-28(31-37-30-27)34-23-18-11-9-6-2/h20,26H,5-19,21-24H2,1-4H3/q+1. The summed E-state index contributed by atoms with van der Waals surface area (Å²) in [5, 5.41) is -0.148. The molecule has 212 valence electrons. The Morgan fingerprint density at radius 3 is 2.30 bits per heavy atom. The van der Waals surface area contributed by atoms with E-state index in [1.54, 1.807) is 0 Å². The Morgan fingerprint density at radius 1 is 0.973 bits per heavy atom. The summed E-state index contributed by atoms with van der Waals surface area (Å²) in [6, 6.07) is 0. The first kappa shape index (κ1) is 32.1. The predicted molar refractivity (Wildman–Crippen MR) is 158 cm³/mol. The van der Waals surface area contributed by atoms with E-state index >= 15 is 0 Å². The van der Waals surface area contributed by atoms with E-state index in [1.165, 1.54) is 99.7 Å². The van der Waals surface area contributed by atoms with Crippen molar-refractivity contribution in [3.63, 3.8) is 0 Å². The fourth-order valence-corrected chi connectivity index (χ4v) is 5.99. The van der Waals surface area contributed by atoms with Crippen LogP contribution in [0.2, 0.25) is 0 Å². The fourth-order valence-electron chi connectivity index (χ4n) is 5.04.